The third kappa shape index (κ3) is 6.97. The second kappa shape index (κ2) is 14.4. The fraction of sp³-hybridized carbons (Fsp3) is 0.263. The number of hydrogen-bond donors (Lipinski definition) is 0. The standard InChI is InChI=1S/C38H39FN4O3/c1-2-21-43(37(44)33-17-9-10-18-34(33)39)27-31-16-11-22-42(31)28-32-19-20-35(46-32)38(45)41-25-23-40(24-26-41)36(29-12-5-3-6-13-29)30-14-7-4-8-15-30/h3-20,22,36H,2,21,23-28H2,1H3. The van der Waals surface area contributed by atoms with Crippen LogP contribution in [0.3, 0.4) is 0 Å². The van der Waals surface area contributed by atoms with Gasteiger partial charge in [0.05, 0.1) is 24.7 Å². The van der Waals surface area contributed by atoms with Crippen LogP contribution in [0.4, 0.5) is 4.39 Å². The molecular formula is C38H39FN4O3. The Morgan fingerprint density at radius 2 is 1.46 bits per heavy atom. The topological polar surface area (TPSA) is 61.9 Å². The van der Waals surface area contributed by atoms with Crippen LogP contribution in [0, 0.1) is 5.82 Å². The molecule has 3 aromatic carbocycles. The molecule has 0 atom stereocenters. The molecule has 2 amide bonds. The summed E-state index contributed by atoms with van der Waals surface area (Å²) < 4.78 is 22.5. The summed E-state index contributed by atoms with van der Waals surface area (Å²) in [4.78, 5) is 32.7. The number of carbonyl (C=O) groups is 2. The van der Waals surface area contributed by atoms with E-state index in [1.54, 1.807) is 23.1 Å². The van der Waals surface area contributed by atoms with E-state index in [2.05, 4.69) is 53.4 Å². The van der Waals surface area contributed by atoms with E-state index in [0.717, 1.165) is 25.2 Å². The smallest absolute Gasteiger partial charge is 0.289 e. The molecule has 0 saturated carbocycles. The van der Waals surface area contributed by atoms with E-state index in [-0.39, 0.29) is 23.4 Å². The van der Waals surface area contributed by atoms with Crippen LogP contribution in [-0.2, 0) is 13.1 Å². The summed E-state index contributed by atoms with van der Waals surface area (Å²) in [6, 6.07) is 34.7. The number of aromatic nitrogens is 1. The molecule has 1 aliphatic heterocycles. The van der Waals surface area contributed by atoms with Gasteiger partial charge in [-0.3, -0.25) is 14.5 Å². The predicted octanol–water partition coefficient (Wildman–Crippen LogP) is 6.87. The fourth-order valence-corrected chi connectivity index (χ4v) is 6.24. The Hall–Kier alpha value is -4.95. The largest absolute Gasteiger partial charge is 0.454 e. The number of rotatable bonds is 11. The fourth-order valence-electron chi connectivity index (χ4n) is 6.24. The zero-order valence-corrected chi connectivity index (χ0v) is 26.1. The maximum absolute atomic E-state index is 14.4. The predicted molar refractivity (Wildman–Crippen MR) is 176 cm³/mol. The van der Waals surface area contributed by atoms with Gasteiger partial charge in [0.2, 0.25) is 0 Å². The van der Waals surface area contributed by atoms with Crippen LogP contribution in [0.1, 0.15) is 62.9 Å². The Balaban J connectivity index is 1.09. The van der Waals surface area contributed by atoms with Crippen molar-refractivity contribution in [1.29, 1.82) is 0 Å². The molecule has 5 aromatic rings. The minimum Gasteiger partial charge on any atom is -0.454 e. The Morgan fingerprint density at radius 1 is 0.804 bits per heavy atom. The molecule has 8 heteroatoms. The summed E-state index contributed by atoms with van der Waals surface area (Å²) in [5.41, 5.74) is 3.44. The van der Waals surface area contributed by atoms with Gasteiger partial charge in [0.1, 0.15) is 11.6 Å². The number of carbonyl (C=O) groups excluding carboxylic acids is 2. The first-order valence-electron chi connectivity index (χ1n) is 15.9. The summed E-state index contributed by atoms with van der Waals surface area (Å²) in [7, 11) is 0. The number of nitrogens with zero attached hydrogens (tertiary/aromatic N) is 4. The van der Waals surface area contributed by atoms with Crippen molar-refractivity contribution < 1.29 is 18.4 Å². The van der Waals surface area contributed by atoms with E-state index in [1.165, 1.54) is 23.3 Å². The van der Waals surface area contributed by atoms with Gasteiger partial charge in [-0.2, -0.15) is 0 Å². The first-order chi connectivity index (χ1) is 22.5. The third-order valence-electron chi connectivity index (χ3n) is 8.56. The zero-order chi connectivity index (χ0) is 31.9. The van der Waals surface area contributed by atoms with Crippen molar-refractivity contribution in [2.24, 2.45) is 0 Å². The zero-order valence-electron chi connectivity index (χ0n) is 26.1. The highest BCUT2D eigenvalue weighted by atomic mass is 19.1. The van der Waals surface area contributed by atoms with Crippen molar-refractivity contribution in [3.63, 3.8) is 0 Å². The lowest BCUT2D eigenvalue weighted by Crippen LogP contribution is -2.49. The molecule has 3 heterocycles. The number of amides is 2. The quantitative estimate of drug-likeness (QED) is 0.162. The van der Waals surface area contributed by atoms with Crippen LogP contribution in [0.2, 0.25) is 0 Å². The van der Waals surface area contributed by atoms with Crippen LogP contribution in [0.25, 0.3) is 0 Å². The van der Waals surface area contributed by atoms with Crippen LogP contribution in [0.15, 0.2) is 120 Å². The summed E-state index contributed by atoms with van der Waals surface area (Å²) >= 11 is 0. The van der Waals surface area contributed by atoms with Gasteiger partial charge in [-0.25, -0.2) is 4.39 Å². The van der Waals surface area contributed by atoms with Crippen molar-refractivity contribution in [2.75, 3.05) is 32.7 Å². The van der Waals surface area contributed by atoms with Crippen molar-refractivity contribution in [1.82, 2.24) is 19.3 Å². The van der Waals surface area contributed by atoms with Gasteiger partial charge in [0, 0.05) is 44.6 Å². The maximum atomic E-state index is 14.4. The minimum absolute atomic E-state index is 0.0692. The van der Waals surface area contributed by atoms with Crippen molar-refractivity contribution in [3.8, 4) is 0 Å². The second-order valence-electron chi connectivity index (χ2n) is 11.7. The van der Waals surface area contributed by atoms with Crippen molar-refractivity contribution >= 4 is 11.8 Å². The van der Waals surface area contributed by atoms with E-state index in [0.29, 0.717) is 44.2 Å². The van der Waals surface area contributed by atoms with Gasteiger partial charge >= 0.3 is 0 Å². The van der Waals surface area contributed by atoms with E-state index >= 15 is 0 Å². The van der Waals surface area contributed by atoms with Gasteiger partial charge in [-0.1, -0.05) is 79.7 Å². The first-order valence-corrected chi connectivity index (χ1v) is 15.9. The van der Waals surface area contributed by atoms with Crippen LogP contribution in [0.5, 0.6) is 0 Å². The van der Waals surface area contributed by atoms with Gasteiger partial charge in [0.25, 0.3) is 11.8 Å². The molecule has 1 fully saturated rings. The molecule has 7 nitrogen and oxygen atoms in total. The highest BCUT2D eigenvalue weighted by Gasteiger charge is 2.29. The molecule has 46 heavy (non-hydrogen) atoms. The Bertz CT molecular complexity index is 1700. The molecule has 0 spiro atoms. The molecule has 0 radical (unpaired) electrons. The molecule has 0 aliphatic carbocycles. The normalized spacial score (nSPS) is 13.7. The molecule has 0 bridgehead atoms. The van der Waals surface area contributed by atoms with E-state index < -0.39 is 5.82 Å². The van der Waals surface area contributed by atoms with E-state index in [9.17, 15) is 14.0 Å². The van der Waals surface area contributed by atoms with Gasteiger partial charge in [-0.05, 0) is 53.9 Å². The van der Waals surface area contributed by atoms with Crippen LogP contribution in [-0.4, -0.2) is 63.8 Å². The molecule has 0 unspecified atom stereocenters. The Kier molecular flexibility index (Phi) is 9.74. The lowest BCUT2D eigenvalue weighted by Gasteiger charge is -2.39. The van der Waals surface area contributed by atoms with E-state index in [4.69, 9.17) is 4.42 Å². The molecule has 1 aliphatic rings. The lowest BCUT2D eigenvalue weighted by atomic mass is 9.96. The number of furan rings is 1. The summed E-state index contributed by atoms with van der Waals surface area (Å²) in [5.74, 6) is -0.000534. The molecular weight excluding hydrogens is 579 g/mol. The number of benzene rings is 3. The highest BCUT2D eigenvalue weighted by Crippen LogP contribution is 2.30. The highest BCUT2D eigenvalue weighted by molar-refractivity contribution is 5.94. The van der Waals surface area contributed by atoms with Crippen LogP contribution >= 0.6 is 0 Å². The van der Waals surface area contributed by atoms with Gasteiger partial charge in [0.15, 0.2) is 5.76 Å². The average molecular weight is 619 g/mol. The summed E-state index contributed by atoms with van der Waals surface area (Å²) in [6.45, 7) is 5.95. The van der Waals surface area contributed by atoms with Gasteiger partial charge < -0.3 is 18.8 Å². The number of halogens is 1. The lowest BCUT2D eigenvalue weighted by molar-refractivity contribution is 0.0565. The summed E-state index contributed by atoms with van der Waals surface area (Å²) in [5, 5.41) is 0. The van der Waals surface area contributed by atoms with E-state index in [1.807, 2.05) is 52.9 Å². The first kappa shape index (κ1) is 31.0. The molecule has 2 aromatic heterocycles. The average Bonchev–Trinajstić information content (AvgIpc) is 3.75. The van der Waals surface area contributed by atoms with Gasteiger partial charge in [-0.15, -0.1) is 0 Å². The van der Waals surface area contributed by atoms with Crippen LogP contribution < -0.4 is 0 Å². The third-order valence-corrected chi connectivity index (χ3v) is 8.56. The second-order valence-corrected chi connectivity index (χ2v) is 11.7. The maximum Gasteiger partial charge on any atom is 0.289 e. The summed E-state index contributed by atoms with van der Waals surface area (Å²) in [6.07, 6.45) is 2.67. The monoisotopic (exact) mass is 618 g/mol. The Morgan fingerprint density at radius 3 is 2.11 bits per heavy atom. The Labute approximate surface area is 269 Å². The SMILES string of the molecule is CCCN(Cc1cccn1Cc1ccc(C(=O)N2CCN(C(c3ccccc3)c3ccccc3)CC2)o1)C(=O)c1ccccc1F. The number of piperazine rings is 1. The minimum atomic E-state index is -0.523. The molecule has 236 valence electrons. The molecule has 6 rings (SSSR count). The van der Waals surface area contributed by atoms with Crippen molar-refractivity contribution in [3.05, 3.63) is 155 Å². The number of hydrogen-bond acceptors (Lipinski definition) is 4. The molecule has 0 N–H and O–H groups in total. The van der Waals surface area contributed by atoms with Crippen molar-refractivity contribution in [2.45, 2.75) is 32.5 Å². The molecule has 1 saturated heterocycles.